The van der Waals surface area contributed by atoms with Gasteiger partial charge >= 0.3 is 0 Å². The predicted octanol–water partition coefficient (Wildman–Crippen LogP) is 4.36. The number of carbonyl (C=O) groups excluding carboxylic acids is 1. The molecule has 1 unspecified atom stereocenters. The van der Waals surface area contributed by atoms with Crippen LogP contribution in [0, 0.1) is 0 Å². The molecule has 1 aromatic rings. The first-order chi connectivity index (χ1) is 9.20. The molecule has 0 aromatic heterocycles. The van der Waals surface area contributed by atoms with Gasteiger partial charge in [-0.3, -0.25) is 4.79 Å². The molecule has 1 heterocycles. The zero-order valence-electron chi connectivity index (χ0n) is 10.5. The van der Waals surface area contributed by atoms with Gasteiger partial charge in [-0.2, -0.15) is 0 Å². The summed E-state index contributed by atoms with van der Waals surface area (Å²) in [5.74, 6) is 0.748. The summed E-state index contributed by atoms with van der Waals surface area (Å²) in [7, 11) is 0. The summed E-state index contributed by atoms with van der Waals surface area (Å²) in [5.41, 5.74) is 0.616. The first-order valence-electron chi connectivity index (χ1n) is 6.39. The Kier molecular flexibility index (Phi) is 5.85. The van der Waals surface area contributed by atoms with Crippen molar-refractivity contribution in [2.75, 3.05) is 13.2 Å². The van der Waals surface area contributed by atoms with Crippen molar-refractivity contribution in [2.24, 2.45) is 0 Å². The molecule has 1 saturated heterocycles. The third kappa shape index (κ3) is 4.29. The van der Waals surface area contributed by atoms with Crippen molar-refractivity contribution >= 4 is 38.1 Å². The third-order valence-corrected chi connectivity index (χ3v) is 4.28. The van der Waals surface area contributed by atoms with Crippen LogP contribution in [-0.4, -0.2) is 25.6 Å². The highest BCUT2D eigenvalue weighted by Gasteiger charge is 2.15. The van der Waals surface area contributed by atoms with Crippen LogP contribution in [0.3, 0.4) is 0 Å². The Morgan fingerprint density at radius 1 is 1.37 bits per heavy atom. The normalized spacial score (nSPS) is 18.5. The monoisotopic (exact) mass is 390 g/mol. The van der Waals surface area contributed by atoms with Gasteiger partial charge in [0.25, 0.3) is 0 Å². The van der Waals surface area contributed by atoms with Crippen molar-refractivity contribution in [3.05, 3.63) is 26.6 Å². The number of rotatable bonds is 6. The average Bonchev–Trinajstić information content (AvgIpc) is 2.89. The Bertz CT molecular complexity index is 419. The van der Waals surface area contributed by atoms with Gasteiger partial charge in [0.1, 0.15) is 12.0 Å². The van der Waals surface area contributed by atoms with E-state index in [1.807, 2.05) is 0 Å². The van der Waals surface area contributed by atoms with E-state index >= 15 is 0 Å². The molecule has 0 bridgehead atoms. The minimum absolute atomic E-state index is 0.410. The van der Waals surface area contributed by atoms with Gasteiger partial charge < -0.3 is 9.47 Å². The largest absolute Gasteiger partial charge is 0.491 e. The average molecular weight is 392 g/mol. The summed E-state index contributed by atoms with van der Waals surface area (Å²) in [6, 6.07) is 3.51. The van der Waals surface area contributed by atoms with E-state index in [0.29, 0.717) is 18.3 Å². The molecule has 3 nitrogen and oxygen atoms in total. The molecule has 5 heteroatoms. The van der Waals surface area contributed by atoms with E-state index in [1.54, 1.807) is 12.1 Å². The molecule has 0 amide bonds. The van der Waals surface area contributed by atoms with Crippen molar-refractivity contribution in [1.29, 1.82) is 0 Å². The van der Waals surface area contributed by atoms with Crippen LogP contribution in [0.2, 0.25) is 0 Å². The summed E-state index contributed by atoms with van der Waals surface area (Å²) < 4.78 is 12.9. The Hall–Kier alpha value is -0.390. The zero-order chi connectivity index (χ0) is 13.7. The van der Waals surface area contributed by atoms with Crippen molar-refractivity contribution in [1.82, 2.24) is 0 Å². The maximum absolute atomic E-state index is 10.7. The number of benzene rings is 1. The number of halogens is 2. The van der Waals surface area contributed by atoms with E-state index in [2.05, 4.69) is 31.9 Å². The molecule has 0 saturated carbocycles. The van der Waals surface area contributed by atoms with Gasteiger partial charge in [0.15, 0.2) is 0 Å². The molecule has 0 radical (unpaired) electrons. The molecule has 0 aliphatic carbocycles. The second-order valence-corrected chi connectivity index (χ2v) is 6.27. The highest BCUT2D eigenvalue weighted by molar-refractivity contribution is 9.11. The summed E-state index contributed by atoms with van der Waals surface area (Å²) >= 11 is 6.84. The van der Waals surface area contributed by atoms with E-state index in [0.717, 1.165) is 40.4 Å². The molecule has 1 atom stereocenters. The Morgan fingerprint density at radius 3 is 2.68 bits per heavy atom. The van der Waals surface area contributed by atoms with Crippen LogP contribution >= 0.6 is 31.9 Å². The van der Waals surface area contributed by atoms with Crippen LogP contribution < -0.4 is 4.74 Å². The predicted molar refractivity (Wildman–Crippen MR) is 80.9 cm³/mol. The van der Waals surface area contributed by atoms with Crippen LogP contribution in [0.25, 0.3) is 0 Å². The number of hydrogen-bond donors (Lipinski definition) is 0. The fourth-order valence-corrected chi connectivity index (χ4v) is 3.59. The number of hydrogen-bond acceptors (Lipinski definition) is 3. The fraction of sp³-hybridized carbons (Fsp3) is 0.500. The summed E-state index contributed by atoms with van der Waals surface area (Å²) in [4.78, 5) is 10.7. The number of carbonyl (C=O) groups is 1. The second kappa shape index (κ2) is 7.41. The lowest BCUT2D eigenvalue weighted by Crippen LogP contribution is -2.08. The lowest BCUT2D eigenvalue weighted by Gasteiger charge is -2.12. The molecular weight excluding hydrogens is 376 g/mol. The highest BCUT2D eigenvalue weighted by atomic mass is 79.9. The zero-order valence-corrected chi connectivity index (χ0v) is 13.7. The Labute approximate surface area is 129 Å². The summed E-state index contributed by atoms with van der Waals surface area (Å²) in [5, 5.41) is 0. The second-order valence-electron chi connectivity index (χ2n) is 4.56. The maximum Gasteiger partial charge on any atom is 0.150 e. The van der Waals surface area contributed by atoms with E-state index in [-0.39, 0.29) is 0 Å². The Morgan fingerprint density at radius 2 is 2.11 bits per heavy atom. The molecular formula is C14H16Br2O3. The van der Waals surface area contributed by atoms with Gasteiger partial charge in [-0.15, -0.1) is 0 Å². The molecule has 1 aromatic carbocycles. The van der Waals surface area contributed by atoms with Gasteiger partial charge in [-0.25, -0.2) is 0 Å². The molecule has 0 N–H and O–H groups in total. The molecule has 19 heavy (non-hydrogen) atoms. The first-order valence-corrected chi connectivity index (χ1v) is 7.98. The van der Waals surface area contributed by atoms with Gasteiger partial charge in [0, 0.05) is 12.2 Å². The topological polar surface area (TPSA) is 35.5 Å². The Balaban J connectivity index is 1.83. The van der Waals surface area contributed by atoms with Crippen molar-refractivity contribution in [2.45, 2.75) is 31.8 Å². The van der Waals surface area contributed by atoms with Gasteiger partial charge in [-0.05, 0) is 69.7 Å². The maximum atomic E-state index is 10.7. The van der Waals surface area contributed by atoms with E-state index in [9.17, 15) is 4.79 Å². The third-order valence-electron chi connectivity index (χ3n) is 3.10. The van der Waals surface area contributed by atoms with Crippen molar-refractivity contribution in [3.63, 3.8) is 0 Å². The number of aldehydes is 1. The van der Waals surface area contributed by atoms with Crippen LogP contribution in [-0.2, 0) is 4.74 Å². The molecule has 1 fully saturated rings. The number of ether oxygens (including phenoxy) is 2. The minimum Gasteiger partial charge on any atom is -0.491 e. The lowest BCUT2D eigenvalue weighted by atomic mass is 10.1. The standard InChI is InChI=1S/C14H16Br2O3/c15-12-7-10(9-17)8-13(16)14(12)19-6-2-4-11-3-1-5-18-11/h7-9,11H,1-6H2. The van der Waals surface area contributed by atoms with E-state index in [4.69, 9.17) is 9.47 Å². The lowest BCUT2D eigenvalue weighted by molar-refractivity contribution is 0.0980. The van der Waals surface area contributed by atoms with Gasteiger partial charge in [0.05, 0.1) is 21.7 Å². The van der Waals surface area contributed by atoms with Crippen molar-refractivity contribution in [3.8, 4) is 5.75 Å². The van der Waals surface area contributed by atoms with Crippen LogP contribution in [0.5, 0.6) is 5.75 Å². The minimum atomic E-state index is 0.410. The fourth-order valence-electron chi connectivity index (χ4n) is 2.14. The van der Waals surface area contributed by atoms with Crippen LogP contribution in [0.1, 0.15) is 36.0 Å². The van der Waals surface area contributed by atoms with Gasteiger partial charge in [-0.1, -0.05) is 0 Å². The quantitative estimate of drug-likeness (QED) is 0.533. The van der Waals surface area contributed by atoms with Crippen LogP contribution in [0.15, 0.2) is 21.1 Å². The summed E-state index contributed by atoms with van der Waals surface area (Å²) in [6.07, 6.45) is 5.59. The smallest absolute Gasteiger partial charge is 0.150 e. The highest BCUT2D eigenvalue weighted by Crippen LogP contribution is 2.34. The van der Waals surface area contributed by atoms with Crippen LogP contribution in [0.4, 0.5) is 0 Å². The molecule has 0 spiro atoms. The van der Waals surface area contributed by atoms with Crippen molar-refractivity contribution < 1.29 is 14.3 Å². The van der Waals surface area contributed by atoms with Gasteiger partial charge in [0.2, 0.25) is 0 Å². The SMILES string of the molecule is O=Cc1cc(Br)c(OCCCC2CCCO2)c(Br)c1. The molecule has 1 aliphatic heterocycles. The van der Waals surface area contributed by atoms with E-state index in [1.165, 1.54) is 12.8 Å². The molecule has 1 aliphatic rings. The summed E-state index contributed by atoms with van der Waals surface area (Å²) in [6.45, 7) is 1.55. The molecule has 104 valence electrons. The first kappa shape index (κ1) is 15.0. The molecule has 2 rings (SSSR count). The van der Waals surface area contributed by atoms with E-state index < -0.39 is 0 Å².